The van der Waals surface area contributed by atoms with Gasteiger partial charge in [-0.05, 0) is 36.1 Å². The summed E-state index contributed by atoms with van der Waals surface area (Å²) < 4.78 is 5.84. The molecule has 0 saturated carbocycles. The summed E-state index contributed by atoms with van der Waals surface area (Å²) in [5.41, 5.74) is 2.68. The van der Waals surface area contributed by atoms with Gasteiger partial charge in [-0.3, -0.25) is 0 Å². The summed E-state index contributed by atoms with van der Waals surface area (Å²) in [6.45, 7) is 3.10. The number of ether oxygens (including phenoxy) is 1. The molecule has 0 unspecified atom stereocenters. The Morgan fingerprint density at radius 3 is 1.96 bits per heavy atom. The van der Waals surface area contributed by atoms with E-state index in [2.05, 4.69) is 61.5 Å². The second kappa shape index (κ2) is 10.9. The number of hydrogen-bond acceptors (Lipinski definition) is 1. The number of benzene rings is 2. The minimum Gasteiger partial charge on any atom is -0.494 e. The molecule has 0 heterocycles. The lowest BCUT2D eigenvalue weighted by atomic mass is 10.1. The lowest BCUT2D eigenvalue weighted by Crippen LogP contribution is -1.97. The van der Waals surface area contributed by atoms with Crippen LogP contribution in [-0.2, 0) is 6.42 Å². The molecule has 0 fully saturated rings. The highest BCUT2D eigenvalue weighted by atomic mass is 16.5. The SMILES string of the molecule is CCCCCCCCCOc1ccc(Cc2ccccc2)cc1. The van der Waals surface area contributed by atoms with Crippen molar-refractivity contribution in [3.63, 3.8) is 0 Å². The molecule has 0 radical (unpaired) electrons. The molecule has 0 bridgehead atoms. The zero-order valence-electron chi connectivity index (χ0n) is 14.5. The second-order valence-corrected chi connectivity index (χ2v) is 6.28. The van der Waals surface area contributed by atoms with Crippen molar-refractivity contribution in [2.75, 3.05) is 6.61 Å². The van der Waals surface area contributed by atoms with Gasteiger partial charge in [0.25, 0.3) is 0 Å². The first-order chi connectivity index (χ1) is 11.4. The molecule has 23 heavy (non-hydrogen) atoms. The van der Waals surface area contributed by atoms with Crippen LogP contribution in [0.25, 0.3) is 0 Å². The van der Waals surface area contributed by atoms with Crippen molar-refractivity contribution in [2.24, 2.45) is 0 Å². The highest BCUT2D eigenvalue weighted by Crippen LogP contribution is 2.16. The molecule has 0 amide bonds. The van der Waals surface area contributed by atoms with Gasteiger partial charge in [-0.25, -0.2) is 0 Å². The molecule has 0 N–H and O–H groups in total. The Morgan fingerprint density at radius 1 is 0.652 bits per heavy atom. The molecule has 0 aliphatic carbocycles. The highest BCUT2D eigenvalue weighted by Gasteiger charge is 1.98. The molecule has 1 nitrogen and oxygen atoms in total. The van der Waals surface area contributed by atoms with Gasteiger partial charge in [-0.15, -0.1) is 0 Å². The van der Waals surface area contributed by atoms with E-state index < -0.39 is 0 Å². The minimum atomic E-state index is 0.839. The van der Waals surface area contributed by atoms with Gasteiger partial charge in [0.2, 0.25) is 0 Å². The predicted molar refractivity (Wildman–Crippen MR) is 99.2 cm³/mol. The van der Waals surface area contributed by atoms with E-state index in [0.717, 1.165) is 25.2 Å². The average molecular weight is 310 g/mol. The van der Waals surface area contributed by atoms with Gasteiger partial charge < -0.3 is 4.74 Å². The van der Waals surface area contributed by atoms with Gasteiger partial charge in [0.1, 0.15) is 5.75 Å². The topological polar surface area (TPSA) is 9.23 Å². The number of rotatable bonds is 11. The van der Waals surface area contributed by atoms with Crippen molar-refractivity contribution in [3.05, 3.63) is 65.7 Å². The van der Waals surface area contributed by atoms with Crippen LogP contribution in [0.5, 0.6) is 5.75 Å². The molecule has 0 aliphatic rings. The number of hydrogen-bond donors (Lipinski definition) is 0. The summed E-state index contributed by atoms with van der Waals surface area (Å²) in [5, 5.41) is 0. The summed E-state index contributed by atoms with van der Waals surface area (Å²) >= 11 is 0. The van der Waals surface area contributed by atoms with Crippen molar-refractivity contribution in [2.45, 2.75) is 58.3 Å². The Morgan fingerprint density at radius 2 is 1.26 bits per heavy atom. The van der Waals surface area contributed by atoms with E-state index in [0.29, 0.717) is 0 Å². The largest absolute Gasteiger partial charge is 0.494 e. The van der Waals surface area contributed by atoms with Crippen LogP contribution >= 0.6 is 0 Å². The maximum absolute atomic E-state index is 5.84. The standard InChI is InChI=1S/C22H30O/c1-2-3-4-5-6-7-11-18-23-22-16-14-21(15-17-22)19-20-12-9-8-10-13-20/h8-10,12-17H,2-7,11,18-19H2,1H3. The van der Waals surface area contributed by atoms with E-state index in [1.807, 2.05) is 0 Å². The van der Waals surface area contributed by atoms with Crippen molar-refractivity contribution in [1.29, 1.82) is 0 Å². The monoisotopic (exact) mass is 310 g/mol. The summed E-state index contributed by atoms with van der Waals surface area (Å²) in [6, 6.07) is 19.1. The highest BCUT2D eigenvalue weighted by molar-refractivity contribution is 5.31. The summed E-state index contributed by atoms with van der Waals surface area (Å²) in [4.78, 5) is 0. The van der Waals surface area contributed by atoms with Gasteiger partial charge >= 0.3 is 0 Å². The zero-order valence-corrected chi connectivity index (χ0v) is 14.5. The van der Waals surface area contributed by atoms with E-state index >= 15 is 0 Å². The van der Waals surface area contributed by atoms with Crippen molar-refractivity contribution in [1.82, 2.24) is 0 Å². The van der Waals surface area contributed by atoms with Crippen LogP contribution in [0, 0.1) is 0 Å². The Balaban J connectivity index is 1.61. The molecular formula is C22H30O. The molecule has 0 atom stereocenters. The lowest BCUT2D eigenvalue weighted by Gasteiger charge is -2.07. The maximum Gasteiger partial charge on any atom is 0.119 e. The molecule has 2 aromatic carbocycles. The second-order valence-electron chi connectivity index (χ2n) is 6.28. The first-order valence-electron chi connectivity index (χ1n) is 9.14. The smallest absolute Gasteiger partial charge is 0.119 e. The molecule has 2 aromatic rings. The van der Waals surface area contributed by atoms with E-state index in [1.165, 1.54) is 49.7 Å². The van der Waals surface area contributed by atoms with E-state index in [4.69, 9.17) is 4.74 Å². The lowest BCUT2D eigenvalue weighted by molar-refractivity contribution is 0.304. The Kier molecular flexibility index (Phi) is 8.32. The fourth-order valence-corrected chi connectivity index (χ4v) is 2.78. The van der Waals surface area contributed by atoms with Crippen molar-refractivity contribution in [3.8, 4) is 5.75 Å². The summed E-state index contributed by atoms with van der Waals surface area (Å²) in [7, 11) is 0. The third kappa shape index (κ3) is 7.36. The first kappa shape index (κ1) is 17.6. The van der Waals surface area contributed by atoms with Gasteiger partial charge in [0.15, 0.2) is 0 Å². The van der Waals surface area contributed by atoms with Crippen LogP contribution < -0.4 is 4.74 Å². The Bertz CT molecular complexity index is 515. The fraction of sp³-hybridized carbons (Fsp3) is 0.455. The molecule has 0 saturated heterocycles. The van der Waals surface area contributed by atoms with Crippen LogP contribution in [0.3, 0.4) is 0 Å². The molecule has 124 valence electrons. The number of unbranched alkanes of at least 4 members (excludes halogenated alkanes) is 6. The van der Waals surface area contributed by atoms with E-state index in [1.54, 1.807) is 0 Å². The molecule has 2 rings (SSSR count). The quantitative estimate of drug-likeness (QED) is 0.436. The van der Waals surface area contributed by atoms with Gasteiger partial charge in [0, 0.05) is 0 Å². The van der Waals surface area contributed by atoms with Crippen LogP contribution in [0.1, 0.15) is 63.0 Å². The normalized spacial score (nSPS) is 10.7. The third-order valence-corrected chi connectivity index (χ3v) is 4.19. The van der Waals surface area contributed by atoms with Crippen molar-refractivity contribution >= 4 is 0 Å². The Labute approximate surface area is 141 Å². The molecule has 1 heteroatoms. The summed E-state index contributed by atoms with van der Waals surface area (Å²) in [5.74, 6) is 0.993. The van der Waals surface area contributed by atoms with E-state index in [9.17, 15) is 0 Å². The van der Waals surface area contributed by atoms with Crippen LogP contribution in [-0.4, -0.2) is 6.61 Å². The van der Waals surface area contributed by atoms with E-state index in [-0.39, 0.29) is 0 Å². The van der Waals surface area contributed by atoms with Gasteiger partial charge in [-0.2, -0.15) is 0 Å². The molecule has 0 spiro atoms. The van der Waals surface area contributed by atoms with Crippen LogP contribution in [0.4, 0.5) is 0 Å². The van der Waals surface area contributed by atoms with Gasteiger partial charge in [0.05, 0.1) is 6.61 Å². The third-order valence-electron chi connectivity index (χ3n) is 4.19. The first-order valence-corrected chi connectivity index (χ1v) is 9.14. The molecule has 0 aliphatic heterocycles. The predicted octanol–water partition coefficient (Wildman–Crippen LogP) is 6.41. The zero-order chi connectivity index (χ0) is 16.2. The van der Waals surface area contributed by atoms with Crippen molar-refractivity contribution < 1.29 is 4.74 Å². The maximum atomic E-state index is 5.84. The molecular weight excluding hydrogens is 280 g/mol. The average Bonchev–Trinajstić information content (AvgIpc) is 2.60. The van der Waals surface area contributed by atoms with Gasteiger partial charge in [-0.1, -0.05) is 87.9 Å². The molecule has 0 aromatic heterocycles. The van der Waals surface area contributed by atoms with Crippen LogP contribution in [0.15, 0.2) is 54.6 Å². The fourth-order valence-electron chi connectivity index (χ4n) is 2.78. The Hall–Kier alpha value is -1.76. The minimum absolute atomic E-state index is 0.839. The summed E-state index contributed by atoms with van der Waals surface area (Å²) in [6.07, 6.45) is 10.3. The van der Waals surface area contributed by atoms with Crippen LogP contribution in [0.2, 0.25) is 0 Å².